The van der Waals surface area contributed by atoms with Crippen molar-refractivity contribution in [2.24, 2.45) is 0 Å². The highest BCUT2D eigenvalue weighted by molar-refractivity contribution is 5.83. The summed E-state index contributed by atoms with van der Waals surface area (Å²) in [7, 11) is 0. The first-order valence-corrected chi connectivity index (χ1v) is 7.87. The maximum Gasteiger partial charge on any atom is 0.408 e. The normalized spacial score (nSPS) is 22.2. The number of benzene rings is 1. The molecule has 1 aliphatic heterocycles. The number of carboxylic acid groups (broad SMARTS) is 1. The third kappa shape index (κ3) is 2.07. The van der Waals surface area contributed by atoms with Crippen LogP contribution >= 0.6 is 0 Å². The Labute approximate surface area is 129 Å². The SMILES string of the molecule is CCC1(c2noc3cc(C)c(C)cc23)CCCCN1C(=O)O. The van der Waals surface area contributed by atoms with Gasteiger partial charge in [0.05, 0.1) is 5.54 Å². The molecule has 5 heteroatoms. The fraction of sp³-hybridized carbons (Fsp3) is 0.529. The van der Waals surface area contributed by atoms with Gasteiger partial charge in [-0.3, -0.25) is 4.90 Å². The Morgan fingerprint density at radius 3 is 2.77 bits per heavy atom. The molecule has 118 valence electrons. The van der Waals surface area contributed by atoms with Crippen molar-refractivity contribution in [3.05, 3.63) is 29.0 Å². The van der Waals surface area contributed by atoms with Gasteiger partial charge in [-0.2, -0.15) is 0 Å². The van der Waals surface area contributed by atoms with Gasteiger partial charge in [0.2, 0.25) is 0 Å². The highest BCUT2D eigenvalue weighted by Crippen LogP contribution is 2.43. The van der Waals surface area contributed by atoms with Gasteiger partial charge in [-0.1, -0.05) is 12.1 Å². The van der Waals surface area contributed by atoms with E-state index in [0.717, 1.165) is 41.5 Å². The zero-order valence-electron chi connectivity index (χ0n) is 13.3. The second kappa shape index (κ2) is 5.30. The van der Waals surface area contributed by atoms with Gasteiger partial charge in [-0.15, -0.1) is 0 Å². The molecular formula is C17H22N2O3. The molecule has 1 N–H and O–H groups in total. The largest absolute Gasteiger partial charge is 0.465 e. The van der Waals surface area contributed by atoms with Crippen LogP contribution in [0.1, 0.15) is 49.4 Å². The van der Waals surface area contributed by atoms with Crippen molar-refractivity contribution < 1.29 is 14.4 Å². The van der Waals surface area contributed by atoms with Crippen molar-refractivity contribution in [3.63, 3.8) is 0 Å². The first kappa shape index (κ1) is 14.9. The third-order valence-electron chi connectivity index (χ3n) is 5.08. The highest BCUT2D eigenvalue weighted by atomic mass is 16.5. The van der Waals surface area contributed by atoms with E-state index in [4.69, 9.17) is 4.52 Å². The van der Waals surface area contributed by atoms with Gasteiger partial charge in [-0.25, -0.2) is 4.79 Å². The predicted molar refractivity (Wildman–Crippen MR) is 84.0 cm³/mol. The second-order valence-corrected chi connectivity index (χ2v) is 6.24. The van der Waals surface area contributed by atoms with Crippen molar-refractivity contribution in [3.8, 4) is 0 Å². The molecule has 3 rings (SSSR count). The lowest BCUT2D eigenvalue weighted by Crippen LogP contribution is -2.51. The van der Waals surface area contributed by atoms with Crippen molar-refractivity contribution in [2.45, 2.75) is 52.0 Å². The van der Waals surface area contributed by atoms with Crippen LogP contribution in [0, 0.1) is 13.8 Å². The molecule has 1 saturated heterocycles. The number of carbonyl (C=O) groups is 1. The fourth-order valence-electron chi connectivity index (χ4n) is 3.63. The highest BCUT2D eigenvalue weighted by Gasteiger charge is 2.45. The molecule has 0 radical (unpaired) electrons. The summed E-state index contributed by atoms with van der Waals surface area (Å²) < 4.78 is 5.52. The Hall–Kier alpha value is -2.04. The summed E-state index contributed by atoms with van der Waals surface area (Å²) >= 11 is 0. The molecule has 1 aliphatic rings. The van der Waals surface area contributed by atoms with E-state index in [1.54, 1.807) is 4.90 Å². The molecule has 1 amide bonds. The molecule has 1 aromatic heterocycles. The monoisotopic (exact) mass is 302 g/mol. The van der Waals surface area contributed by atoms with Crippen molar-refractivity contribution in [1.82, 2.24) is 10.1 Å². The lowest BCUT2D eigenvalue weighted by molar-refractivity contribution is 0.0379. The smallest absolute Gasteiger partial charge is 0.408 e. The van der Waals surface area contributed by atoms with E-state index in [0.29, 0.717) is 13.0 Å². The number of hydrogen-bond donors (Lipinski definition) is 1. The Morgan fingerprint density at radius 2 is 2.09 bits per heavy atom. The number of aryl methyl sites for hydroxylation is 2. The predicted octanol–water partition coefficient (Wildman–Crippen LogP) is 4.21. The van der Waals surface area contributed by atoms with Gasteiger partial charge in [0.25, 0.3) is 0 Å². The molecule has 22 heavy (non-hydrogen) atoms. The van der Waals surface area contributed by atoms with Gasteiger partial charge in [0, 0.05) is 11.9 Å². The molecule has 0 aliphatic carbocycles. The van der Waals surface area contributed by atoms with Gasteiger partial charge in [0.15, 0.2) is 5.58 Å². The lowest BCUT2D eigenvalue weighted by Gasteiger charge is -2.44. The van der Waals surface area contributed by atoms with Crippen LogP contribution in [0.2, 0.25) is 0 Å². The molecule has 2 heterocycles. The Bertz CT molecular complexity index is 722. The van der Waals surface area contributed by atoms with E-state index in [9.17, 15) is 9.90 Å². The van der Waals surface area contributed by atoms with Crippen LogP contribution in [0.25, 0.3) is 11.0 Å². The number of nitrogens with zero attached hydrogens (tertiary/aromatic N) is 2. The van der Waals surface area contributed by atoms with Gasteiger partial charge < -0.3 is 9.63 Å². The summed E-state index contributed by atoms with van der Waals surface area (Å²) in [6, 6.07) is 4.06. The minimum absolute atomic E-state index is 0.558. The topological polar surface area (TPSA) is 66.6 Å². The zero-order chi connectivity index (χ0) is 15.9. The lowest BCUT2D eigenvalue weighted by atomic mass is 9.80. The van der Waals surface area contributed by atoms with Crippen LogP contribution in [0.15, 0.2) is 16.7 Å². The summed E-state index contributed by atoms with van der Waals surface area (Å²) in [6.07, 6.45) is 2.54. The molecule has 1 fully saturated rings. The third-order valence-corrected chi connectivity index (χ3v) is 5.08. The Morgan fingerprint density at radius 1 is 1.36 bits per heavy atom. The van der Waals surface area contributed by atoms with Crippen LogP contribution in [0.5, 0.6) is 0 Å². The number of amides is 1. The van der Waals surface area contributed by atoms with Gasteiger partial charge in [0.1, 0.15) is 5.69 Å². The molecule has 2 aromatic rings. The number of rotatable bonds is 2. The minimum atomic E-state index is -0.874. The number of likely N-dealkylation sites (tertiary alicyclic amines) is 1. The average Bonchev–Trinajstić information content (AvgIpc) is 2.90. The molecule has 0 spiro atoms. The number of fused-ring (bicyclic) bond motifs is 1. The van der Waals surface area contributed by atoms with Crippen LogP contribution in [-0.4, -0.2) is 27.8 Å². The van der Waals surface area contributed by atoms with E-state index in [2.05, 4.69) is 18.1 Å². The number of hydrogen-bond acceptors (Lipinski definition) is 3. The fourth-order valence-corrected chi connectivity index (χ4v) is 3.63. The van der Waals surface area contributed by atoms with Crippen LogP contribution in [0.3, 0.4) is 0 Å². The maximum atomic E-state index is 11.7. The first-order valence-electron chi connectivity index (χ1n) is 7.87. The van der Waals surface area contributed by atoms with Crippen LogP contribution < -0.4 is 0 Å². The van der Waals surface area contributed by atoms with Crippen LogP contribution in [-0.2, 0) is 5.54 Å². The Kier molecular flexibility index (Phi) is 3.59. The molecule has 5 nitrogen and oxygen atoms in total. The molecule has 1 aromatic carbocycles. The van der Waals surface area contributed by atoms with Gasteiger partial charge >= 0.3 is 6.09 Å². The summed E-state index contributed by atoms with van der Waals surface area (Å²) in [5.74, 6) is 0. The standard InChI is InChI=1S/C17H22N2O3/c1-4-17(7-5-6-8-19(17)16(20)21)15-13-9-11(2)12(3)10-14(13)22-18-15/h9-10H,4-8H2,1-3H3,(H,20,21). The van der Waals surface area contributed by atoms with Crippen LogP contribution in [0.4, 0.5) is 4.79 Å². The molecule has 1 unspecified atom stereocenters. The Balaban J connectivity index is 2.21. The second-order valence-electron chi connectivity index (χ2n) is 6.24. The number of piperidine rings is 1. The van der Waals surface area contributed by atoms with E-state index < -0.39 is 11.6 Å². The average molecular weight is 302 g/mol. The zero-order valence-corrected chi connectivity index (χ0v) is 13.3. The minimum Gasteiger partial charge on any atom is -0.465 e. The van der Waals surface area contributed by atoms with Crippen molar-refractivity contribution in [1.29, 1.82) is 0 Å². The first-order chi connectivity index (χ1) is 10.5. The quantitative estimate of drug-likeness (QED) is 0.902. The van der Waals surface area contributed by atoms with Gasteiger partial charge in [-0.05, 0) is 62.8 Å². The summed E-state index contributed by atoms with van der Waals surface area (Å²) in [5, 5.41) is 14.9. The number of aromatic nitrogens is 1. The summed E-state index contributed by atoms with van der Waals surface area (Å²) in [6.45, 7) is 6.68. The molecule has 1 atom stereocenters. The van der Waals surface area contributed by atoms with E-state index in [1.807, 2.05) is 19.9 Å². The van der Waals surface area contributed by atoms with Crippen molar-refractivity contribution in [2.75, 3.05) is 6.54 Å². The van der Waals surface area contributed by atoms with E-state index in [1.165, 1.54) is 5.56 Å². The molecule has 0 saturated carbocycles. The summed E-state index contributed by atoms with van der Waals surface area (Å²) in [4.78, 5) is 13.3. The van der Waals surface area contributed by atoms with Crippen molar-refractivity contribution >= 4 is 17.1 Å². The molecular weight excluding hydrogens is 280 g/mol. The molecule has 0 bridgehead atoms. The van der Waals surface area contributed by atoms with E-state index >= 15 is 0 Å². The maximum absolute atomic E-state index is 11.7. The van der Waals surface area contributed by atoms with E-state index in [-0.39, 0.29) is 0 Å². The summed E-state index contributed by atoms with van der Waals surface area (Å²) in [5.41, 5.74) is 3.26.